The highest BCUT2D eigenvalue weighted by atomic mass is 32.2. The van der Waals surface area contributed by atoms with Crippen LogP contribution in [0.15, 0.2) is 81.5 Å². The number of rotatable bonds is 7. The number of fused-ring (bicyclic) bond motifs is 1. The number of aromatic amines is 1. The summed E-state index contributed by atoms with van der Waals surface area (Å²) in [6.45, 7) is 5.80. The summed E-state index contributed by atoms with van der Waals surface area (Å²) in [4.78, 5) is 47.4. The molecule has 3 heterocycles. The van der Waals surface area contributed by atoms with Gasteiger partial charge in [-0.2, -0.15) is 8.42 Å². The van der Waals surface area contributed by atoms with Crippen LogP contribution in [0.25, 0.3) is 10.8 Å². The van der Waals surface area contributed by atoms with Crippen molar-refractivity contribution in [3.8, 4) is 5.75 Å². The van der Waals surface area contributed by atoms with Gasteiger partial charge >= 0.3 is 15.8 Å². The molecule has 5 rings (SSSR count). The van der Waals surface area contributed by atoms with Gasteiger partial charge in [0.05, 0.1) is 6.54 Å². The van der Waals surface area contributed by atoms with E-state index in [4.69, 9.17) is 4.18 Å². The van der Waals surface area contributed by atoms with Crippen LogP contribution >= 0.6 is 0 Å². The Labute approximate surface area is 230 Å². The van der Waals surface area contributed by atoms with Crippen LogP contribution in [-0.4, -0.2) is 59.9 Å². The fourth-order valence-corrected chi connectivity index (χ4v) is 5.91. The number of H-pyrrole nitrogens is 1. The van der Waals surface area contributed by atoms with Crippen LogP contribution in [0.3, 0.4) is 0 Å². The molecule has 4 aromatic rings. The first-order chi connectivity index (χ1) is 19.1. The molecular formula is C28H29N5O6S. The third kappa shape index (κ3) is 5.62. The Kier molecular flexibility index (Phi) is 7.44. The van der Waals surface area contributed by atoms with Crippen molar-refractivity contribution in [2.24, 2.45) is 5.92 Å². The lowest BCUT2D eigenvalue weighted by Crippen LogP contribution is -2.51. The predicted octanol–water partition coefficient (Wildman–Crippen LogP) is 2.21. The van der Waals surface area contributed by atoms with E-state index in [2.05, 4.69) is 9.97 Å². The maximum absolute atomic E-state index is 13.0. The van der Waals surface area contributed by atoms with Crippen LogP contribution in [0, 0.1) is 5.92 Å². The second kappa shape index (κ2) is 11.0. The van der Waals surface area contributed by atoms with Crippen molar-refractivity contribution < 1.29 is 17.4 Å². The average molecular weight is 564 g/mol. The van der Waals surface area contributed by atoms with Gasteiger partial charge in [-0.15, -0.1) is 0 Å². The van der Waals surface area contributed by atoms with E-state index in [9.17, 15) is 22.8 Å². The highest BCUT2D eigenvalue weighted by molar-refractivity contribution is 7.87. The number of hydrogen-bond donors (Lipinski definition) is 1. The lowest BCUT2D eigenvalue weighted by atomic mass is 10.1. The molecule has 11 nitrogen and oxygen atoms in total. The van der Waals surface area contributed by atoms with Gasteiger partial charge in [0.1, 0.15) is 16.5 Å². The Bertz CT molecular complexity index is 1770. The molecule has 1 N–H and O–H groups in total. The van der Waals surface area contributed by atoms with Gasteiger partial charge in [0, 0.05) is 61.3 Å². The molecule has 2 aromatic carbocycles. The van der Waals surface area contributed by atoms with Crippen LogP contribution in [-0.2, 0) is 21.5 Å². The molecule has 1 saturated heterocycles. The molecule has 40 heavy (non-hydrogen) atoms. The zero-order valence-corrected chi connectivity index (χ0v) is 22.9. The van der Waals surface area contributed by atoms with E-state index in [0.29, 0.717) is 48.3 Å². The Morgan fingerprint density at radius 2 is 1.75 bits per heavy atom. The summed E-state index contributed by atoms with van der Waals surface area (Å²) in [5.74, 6) is 0.550. The number of aromatic nitrogens is 3. The van der Waals surface area contributed by atoms with E-state index in [1.807, 2.05) is 18.7 Å². The summed E-state index contributed by atoms with van der Waals surface area (Å²) < 4.78 is 32.9. The molecule has 0 spiro atoms. The van der Waals surface area contributed by atoms with Crippen molar-refractivity contribution in [2.45, 2.75) is 25.3 Å². The maximum Gasteiger partial charge on any atom is 0.339 e. The molecule has 0 aliphatic carbocycles. The molecule has 0 saturated carbocycles. The Morgan fingerprint density at radius 1 is 1.02 bits per heavy atom. The molecule has 0 bridgehead atoms. The lowest BCUT2D eigenvalue weighted by molar-refractivity contribution is -0.134. The largest absolute Gasteiger partial charge is 0.379 e. The minimum atomic E-state index is -4.12. The van der Waals surface area contributed by atoms with Gasteiger partial charge < -0.3 is 14.0 Å². The summed E-state index contributed by atoms with van der Waals surface area (Å²) in [5.41, 5.74) is -0.364. The van der Waals surface area contributed by atoms with E-state index in [0.717, 1.165) is 0 Å². The minimum absolute atomic E-state index is 0.0381. The van der Waals surface area contributed by atoms with Crippen LogP contribution in [0.4, 0.5) is 5.82 Å². The normalized spacial score (nSPS) is 14.1. The van der Waals surface area contributed by atoms with Gasteiger partial charge in [0.25, 0.3) is 5.56 Å². The van der Waals surface area contributed by atoms with Crippen molar-refractivity contribution in [1.82, 2.24) is 19.4 Å². The number of carbonyl (C=O) groups is 1. The molecule has 208 valence electrons. The fraction of sp³-hybridized carbons (Fsp3) is 0.286. The summed E-state index contributed by atoms with van der Waals surface area (Å²) in [5, 5.41) is 1.19. The number of carbonyl (C=O) groups excluding carboxylic acids is 1. The van der Waals surface area contributed by atoms with Crippen LogP contribution in [0.1, 0.15) is 19.4 Å². The molecule has 0 atom stereocenters. The third-order valence-corrected chi connectivity index (χ3v) is 8.11. The average Bonchev–Trinajstić information content (AvgIpc) is 2.94. The van der Waals surface area contributed by atoms with Crippen LogP contribution in [0.5, 0.6) is 5.75 Å². The molecule has 1 aliphatic heterocycles. The van der Waals surface area contributed by atoms with Crippen molar-refractivity contribution in [1.29, 1.82) is 0 Å². The van der Waals surface area contributed by atoms with Crippen molar-refractivity contribution in [3.63, 3.8) is 0 Å². The van der Waals surface area contributed by atoms with Gasteiger partial charge in [-0.1, -0.05) is 38.1 Å². The fourth-order valence-electron chi connectivity index (χ4n) is 4.76. The third-order valence-electron chi connectivity index (χ3n) is 6.80. The van der Waals surface area contributed by atoms with Gasteiger partial charge in [0.2, 0.25) is 5.91 Å². The van der Waals surface area contributed by atoms with E-state index < -0.39 is 21.4 Å². The van der Waals surface area contributed by atoms with Gasteiger partial charge in [0.15, 0.2) is 0 Å². The number of benzene rings is 2. The number of nitrogens with one attached hydrogen (secondary N) is 1. The highest BCUT2D eigenvalue weighted by Crippen LogP contribution is 2.26. The van der Waals surface area contributed by atoms with Crippen molar-refractivity contribution >= 4 is 32.6 Å². The predicted molar refractivity (Wildman–Crippen MR) is 150 cm³/mol. The number of anilines is 1. The Hall–Kier alpha value is -4.45. The minimum Gasteiger partial charge on any atom is -0.379 e. The molecule has 1 amide bonds. The van der Waals surface area contributed by atoms with Crippen molar-refractivity contribution in [3.05, 3.63) is 93.4 Å². The van der Waals surface area contributed by atoms with E-state index in [1.54, 1.807) is 41.4 Å². The standard InChI is InChI=1S/C28H29N5O6S/c1-19(2)27(35)32-14-12-31(13-15-32)26-16-25(34)30-28(36)33(26)18-20-6-8-22(9-7-20)39-40(37,38)24-5-3-4-21-17-29-11-10-23(21)24/h3-11,16-17,19H,12-15,18H2,1-2H3,(H,30,34,36). The molecule has 12 heteroatoms. The molecule has 2 aromatic heterocycles. The zero-order chi connectivity index (χ0) is 28.4. The summed E-state index contributed by atoms with van der Waals surface area (Å²) >= 11 is 0. The number of amides is 1. The van der Waals surface area contributed by atoms with E-state index in [-0.39, 0.29) is 29.0 Å². The topological polar surface area (TPSA) is 135 Å². The number of nitrogens with zero attached hydrogens (tertiary/aromatic N) is 4. The van der Waals surface area contributed by atoms with Gasteiger partial charge in [-0.3, -0.25) is 24.1 Å². The summed E-state index contributed by atoms with van der Waals surface area (Å²) in [7, 11) is -4.12. The molecule has 1 aliphatic rings. The summed E-state index contributed by atoms with van der Waals surface area (Å²) in [6.07, 6.45) is 3.11. The zero-order valence-electron chi connectivity index (χ0n) is 22.1. The van der Waals surface area contributed by atoms with Crippen LogP contribution in [0.2, 0.25) is 0 Å². The molecule has 1 fully saturated rings. The SMILES string of the molecule is CC(C)C(=O)N1CCN(c2cc(=O)[nH]c(=O)n2Cc2ccc(OS(=O)(=O)c3cccc4cnccc34)cc2)CC1. The Balaban J connectivity index is 1.34. The molecular weight excluding hydrogens is 534 g/mol. The van der Waals surface area contributed by atoms with Crippen molar-refractivity contribution in [2.75, 3.05) is 31.1 Å². The second-order valence-electron chi connectivity index (χ2n) is 9.88. The van der Waals surface area contributed by atoms with Gasteiger partial charge in [-0.05, 0) is 29.8 Å². The highest BCUT2D eigenvalue weighted by Gasteiger charge is 2.25. The monoisotopic (exact) mass is 563 g/mol. The van der Waals surface area contributed by atoms with Gasteiger partial charge in [-0.25, -0.2) is 4.79 Å². The quantitative estimate of drug-likeness (QED) is 0.338. The molecule has 0 radical (unpaired) electrons. The van der Waals surface area contributed by atoms with E-state index in [1.165, 1.54) is 35.0 Å². The van der Waals surface area contributed by atoms with E-state index >= 15 is 0 Å². The first-order valence-electron chi connectivity index (χ1n) is 12.9. The summed E-state index contributed by atoms with van der Waals surface area (Å²) in [6, 6.07) is 14.3. The Morgan fingerprint density at radius 3 is 2.45 bits per heavy atom. The lowest BCUT2D eigenvalue weighted by Gasteiger charge is -2.37. The smallest absolute Gasteiger partial charge is 0.339 e. The first kappa shape index (κ1) is 27.1. The number of piperazine rings is 1. The number of pyridine rings is 1. The first-order valence-corrected chi connectivity index (χ1v) is 14.3. The van der Waals surface area contributed by atoms with Crippen LogP contribution < -0.4 is 20.3 Å². The maximum atomic E-state index is 13.0. The second-order valence-corrected chi connectivity index (χ2v) is 11.4. The molecule has 0 unspecified atom stereocenters. The number of hydrogen-bond acceptors (Lipinski definition) is 8.